The van der Waals surface area contributed by atoms with E-state index in [0.29, 0.717) is 5.69 Å². The molecule has 1 aromatic rings. The lowest BCUT2D eigenvalue weighted by molar-refractivity contribution is 0.216. The minimum atomic E-state index is -3.52. The summed E-state index contributed by atoms with van der Waals surface area (Å²) in [6.07, 6.45) is 0. The standard InChI is InChI=1S/C11H21N3O2S2/c1-7-9(17-10(12)13-7)18(15,16)14(6)8(2)11(3,4)5/h8H,1-6H3,(H2,12,13). The van der Waals surface area contributed by atoms with Crippen molar-refractivity contribution >= 4 is 26.5 Å². The van der Waals surface area contributed by atoms with Gasteiger partial charge >= 0.3 is 0 Å². The lowest BCUT2D eigenvalue weighted by atomic mass is 9.88. The van der Waals surface area contributed by atoms with Gasteiger partial charge in [0.25, 0.3) is 10.0 Å². The molecule has 1 atom stereocenters. The van der Waals surface area contributed by atoms with Crippen molar-refractivity contribution in [1.82, 2.24) is 9.29 Å². The van der Waals surface area contributed by atoms with Crippen LogP contribution in [0, 0.1) is 12.3 Å². The van der Waals surface area contributed by atoms with E-state index in [1.807, 2.05) is 27.7 Å². The number of hydrogen-bond donors (Lipinski definition) is 1. The molecular weight excluding hydrogens is 270 g/mol. The zero-order chi connectivity index (χ0) is 14.3. The fourth-order valence-corrected chi connectivity index (χ4v) is 4.54. The summed E-state index contributed by atoms with van der Waals surface area (Å²) in [4.78, 5) is 3.97. The van der Waals surface area contributed by atoms with Gasteiger partial charge in [-0.3, -0.25) is 0 Å². The molecule has 0 radical (unpaired) electrons. The van der Waals surface area contributed by atoms with E-state index < -0.39 is 10.0 Å². The maximum absolute atomic E-state index is 12.5. The van der Waals surface area contributed by atoms with Gasteiger partial charge in [0.1, 0.15) is 0 Å². The fraction of sp³-hybridized carbons (Fsp3) is 0.727. The van der Waals surface area contributed by atoms with Crippen molar-refractivity contribution in [1.29, 1.82) is 0 Å². The Hall–Kier alpha value is -0.660. The Labute approximate surface area is 113 Å². The average molecular weight is 291 g/mol. The highest BCUT2D eigenvalue weighted by Crippen LogP contribution is 2.32. The SMILES string of the molecule is Cc1nc(N)sc1S(=O)(=O)N(C)C(C)C(C)(C)C. The molecule has 0 bridgehead atoms. The first-order valence-corrected chi connectivity index (χ1v) is 7.94. The van der Waals surface area contributed by atoms with Gasteiger partial charge in [0.2, 0.25) is 0 Å². The molecular formula is C11H21N3O2S2. The van der Waals surface area contributed by atoms with Gasteiger partial charge in [-0.2, -0.15) is 4.31 Å². The van der Waals surface area contributed by atoms with Crippen LogP contribution in [-0.2, 0) is 10.0 Å². The molecule has 104 valence electrons. The van der Waals surface area contributed by atoms with Crippen LogP contribution in [0.4, 0.5) is 5.13 Å². The molecule has 0 spiro atoms. The molecule has 2 N–H and O–H groups in total. The number of aromatic nitrogens is 1. The molecule has 0 aliphatic carbocycles. The second-order valence-corrected chi connectivity index (χ2v) is 8.71. The number of nitrogens with zero attached hydrogens (tertiary/aromatic N) is 2. The Morgan fingerprint density at radius 3 is 2.22 bits per heavy atom. The molecule has 0 amide bonds. The highest BCUT2D eigenvalue weighted by Gasteiger charge is 2.34. The third-order valence-corrected chi connectivity index (χ3v) is 6.68. The smallest absolute Gasteiger partial charge is 0.254 e. The maximum Gasteiger partial charge on any atom is 0.254 e. The predicted octanol–water partition coefficient (Wildman–Crippen LogP) is 2.09. The number of nitrogen functional groups attached to an aromatic ring is 1. The Morgan fingerprint density at radius 2 is 1.89 bits per heavy atom. The van der Waals surface area contributed by atoms with E-state index in [2.05, 4.69) is 4.98 Å². The van der Waals surface area contributed by atoms with E-state index in [1.54, 1.807) is 14.0 Å². The molecule has 0 saturated carbocycles. The maximum atomic E-state index is 12.5. The van der Waals surface area contributed by atoms with Gasteiger partial charge in [-0.05, 0) is 19.3 Å². The molecule has 1 heterocycles. The summed E-state index contributed by atoms with van der Waals surface area (Å²) >= 11 is 1.01. The number of nitrogens with two attached hydrogens (primary N) is 1. The van der Waals surface area contributed by atoms with Crippen molar-refractivity contribution in [3.05, 3.63) is 5.69 Å². The second kappa shape index (κ2) is 4.79. The Bertz CT molecular complexity index is 529. The zero-order valence-corrected chi connectivity index (χ0v) is 13.3. The topological polar surface area (TPSA) is 76.3 Å². The third kappa shape index (κ3) is 2.84. The molecule has 0 aliphatic rings. The van der Waals surface area contributed by atoms with Crippen molar-refractivity contribution < 1.29 is 8.42 Å². The van der Waals surface area contributed by atoms with Crippen LogP contribution in [0.1, 0.15) is 33.4 Å². The monoisotopic (exact) mass is 291 g/mol. The van der Waals surface area contributed by atoms with Crippen molar-refractivity contribution in [3.8, 4) is 0 Å². The van der Waals surface area contributed by atoms with E-state index in [0.717, 1.165) is 11.3 Å². The second-order valence-electron chi connectivity index (χ2n) is 5.49. The number of thiazole rings is 1. The van der Waals surface area contributed by atoms with Crippen LogP contribution in [-0.4, -0.2) is 30.8 Å². The van der Waals surface area contributed by atoms with Gasteiger partial charge in [-0.15, -0.1) is 0 Å². The van der Waals surface area contributed by atoms with Crippen LogP contribution in [0.15, 0.2) is 4.21 Å². The highest BCUT2D eigenvalue weighted by atomic mass is 32.2. The summed E-state index contributed by atoms with van der Waals surface area (Å²) in [5, 5.41) is 0.280. The average Bonchev–Trinajstić information content (AvgIpc) is 2.54. The van der Waals surface area contributed by atoms with Gasteiger partial charge in [-0.1, -0.05) is 32.1 Å². The Kier molecular flexibility index (Phi) is 4.10. The van der Waals surface area contributed by atoms with E-state index in [-0.39, 0.29) is 20.8 Å². The number of hydrogen-bond acceptors (Lipinski definition) is 5. The molecule has 1 rings (SSSR count). The molecule has 5 nitrogen and oxygen atoms in total. The normalized spacial score (nSPS) is 15.1. The number of sulfonamides is 1. The van der Waals surface area contributed by atoms with Crippen LogP contribution < -0.4 is 5.73 Å². The Balaban J connectivity index is 3.19. The van der Waals surface area contributed by atoms with Crippen LogP contribution in [0.3, 0.4) is 0 Å². The first-order chi connectivity index (χ1) is 7.98. The summed E-state index contributed by atoms with van der Waals surface area (Å²) < 4.78 is 26.6. The van der Waals surface area contributed by atoms with Gasteiger partial charge in [-0.25, -0.2) is 13.4 Å². The van der Waals surface area contributed by atoms with E-state index in [1.165, 1.54) is 4.31 Å². The van der Waals surface area contributed by atoms with Crippen LogP contribution >= 0.6 is 11.3 Å². The lowest BCUT2D eigenvalue weighted by Gasteiger charge is -2.34. The summed E-state index contributed by atoms with van der Waals surface area (Å²) in [5.74, 6) is 0. The molecule has 7 heteroatoms. The molecule has 18 heavy (non-hydrogen) atoms. The fourth-order valence-electron chi connectivity index (χ4n) is 1.53. The van der Waals surface area contributed by atoms with E-state index >= 15 is 0 Å². The number of aryl methyl sites for hydroxylation is 1. The summed E-state index contributed by atoms with van der Waals surface area (Å²) in [7, 11) is -1.92. The number of rotatable bonds is 3. The Morgan fingerprint density at radius 1 is 1.39 bits per heavy atom. The van der Waals surface area contributed by atoms with Crippen LogP contribution in [0.2, 0.25) is 0 Å². The summed E-state index contributed by atoms with van der Waals surface area (Å²) in [6, 6.07) is -0.120. The molecule has 0 aromatic carbocycles. The molecule has 0 saturated heterocycles. The van der Waals surface area contributed by atoms with Crippen LogP contribution in [0.5, 0.6) is 0 Å². The number of anilines is 1. The summed E-state index contributed by atoms with van der Waals surface area (Å²) in [5.41, 5.74) is 5.89. The van der Waals surface area contributed by atoms with Crippen molar-refractivity contribution in [3.63, 3.8) is 0 Å². The first kappa shape index (κ1) is 15.4. The third-order valence-electron chi connectivity index (χ3n) is 3.18. The molecule has 0 aliphatic heterocycles. The minimum Gasteiger partial charge on any atom is -0.375 e. The molecule has 1 aromatic heterocycles. The van der Waals surface area contributed by atoms with Crippen molar-refractivity contribution in [2.24, 2.45) is 5.41 Å². The van der Waals surface area contributed by atoms with Gasteiger partial charge in [0.05, 0.1) is 5.69 Å². The zero-order valence-electron chi connectivity index (χ0n) is 11.7. The van der Waals surface area contributed by atoms with Crippen LogP contribution in [0.25, 0.3) is 0 Å². The highest BCUT2D eigenvalue weighted by molar-refractivity contribution is 7.91. The summed E-state index contributed by atoms with van der Waals surface area (Å²) in [6.45, 7) is 9.60. The molecule has 0 fully saturated rings. The van der Waals surface area contributed by atoms with Crippen molar-refractivity contribution in [2.75, 3.05) is 12.8 Å². The van der Waals surface area contributed by atoms with Crippen molar-refractivity contribution in [2.45, 2.75) is 44.9 Å². The minimum absolute atomic E-state index is 0.120. The quantitative estimate of drug-likeness (QED) is 0.925. The lowest BCUT2D eigenvalue weighted by Crippen LogP contribution is -2.42. The van der Waals surface area contributed by atoms with Gasteiger partial charge in [0, 0.05) is 13.1 Å². The largest absolute Gasteiger partial charge is 0.375 e. The van der Waals surface area contributed by atoms with Gasteiger partial charge < -0.3 is 5.73 Å². The predicted molar refractivity (Wildman–Crippen MR) is 75.1 cm³/mol. The van der Waals surface area contributed by atoms with Gasteiger partial charge in [0.15, 0.2) is 9.34 Å². The van der Waals surface area contributed by atoms with E-state index in [4.69, 9.17) is 5.73 Å². The van der Waals surface area contributed by atoms with E-state index in [9.17, 15) is 8.42 Å². The molecule has 1 unspecified atom stereocenters. The first-order valence-electron chi connectivity index (χ1n) is 5.69.